The van der Waals surface area contributed by atoms with E-state index < -0.39 is 18.0 Å². The summed E-state index contributed by atoms with van der Waals surface area (Å²) in [4.78, 5) is 24.5. The average Bonchev–Trinajstić information content (AvgIpc) is 2.62. The largest absolute Gasteiger partial charge is 0.504 e. The van der Waals surface area contributed by atoms with Gasteiger partial charge in [-0.1, -0.05) is 36.4 Å². The van der Waals surface area contributed by atoms with Crippen LogP contribution in [0.15, 0.2) is 59.8 Å². The molecule has 1 aliphatic rings. The number of hydrogen-bond donors (Lipinski definition) is 4. The molecule has 1 heterocycles. The van der Waals surface area contributed by atoms with Crippen molar-refractivity contribution in [2.24, 2.45) is 0 Å². The number of aromatic hydroxyl groups is 2. The zero-order valence-corrected chi connectivity index (χ0v) is 14.0. The number of rotatable bonds is 4. The molecule has 2 aromatic carbocycles. The van der Waals surface area contributed by atoms with Gasteiger partial charge < -0.3 is 25.6 Å². The predicted octanol–water partition coefficient (Wildman–Crippen LogP) is 2.47. The molecule has 7 heteroatoms. The lowest BCUT2D eigenvalue weighted by atomic mass is 9.95. The van der Waals surface area contributed by atoms with E-state index in [1.807, 2.05) is 30.3 Å². The van der Waals surface area contributed by atoms with Gasteiger partial charge in [0.2, 0.25) is 0 Å². The van der Waals surface area contributed by atoms with E-state index in [1.165, 1.54) is 18.2 Å². The number of amides is 2. The summed E-state index contributed by atoms with van der Waals surface area (Å²) in [5.41, 5.74) is 1.88. The molecule has 0 radical (unpaired) electrons. The number of hydrogen-bond acceptors (Lipinski definition) is 5. The Morgan fingerprint density at radius 3 is 2.54 bits per heavy atom. The van der Waals surface area contributed by atoms with E-state index in [9.17, 15) is 19.8 Å². The fraction of sp³-hybridized carbons (Fsp3) is 0.158. The SMILES string of the molecule is CC1=C(C(=O)OCc2ccccc2)[C@H](c2ccc(O)c(O)c2)NC(=O)N1. The van der Waals surface area contributed by atoms with Gasteiger partial charge in [0.15, 0.2) is 11.5 Å². The van der Waals surface area contributed by atoms with Crippen LogP contribution in [0.3, 0.4) is 0 Å². The Kier molecular flexibility index (Phi) is 4.79. The Balaban J connectivity index is 1.87. The van der Waals surface area contributed by atoms with Crippen molar-refractivity contribution < 1.29 is 24.5 Å². The highest BCUT2D eigenvalue weighted by Crippen LogP contribution is 2.33. The highest BCUT2D eigenvalue weighted by atomic mass is 16.5. The van der Waals surface area contributed by atoms with Crippen LogP contribution in [-0.4, -0.2) is 22.2 Å². The van der Waals surface area contributed by atoms with Crippen molar-refractivity contribution in [1.82, 2.24) is 10.6 Å². The minimum absolute atomic E-state index is 0.0952. The Bertz CT molecular complexity index is 877. The predicted molar refractivity (Wildman–Crippen MR) is 93.1 cm³/mol. The monoisotopic (exact) mass is 354 g/mol. The maximum atomic E-state index is 12.6. The fourth-order valence-electron chi connectivity index (χ4n) is 2.74. The van der Waals surface area contributed by atoms with Gasteiger partial charge in [0, 0.05) is 5.70 Å². The number of benzene rings is 2. The molecule has 0 aromatic heterocycles. The molecule has 2 amide bonds. The molecule has 134 valence electrons. The summed E-state index contributed by atoms with van der Waals surface area (Å²) in [5.74, 6) is -1.22. The van der Waals surface area contributed by atoms with Crippen molar-refractivity contribution in [3.05, 3.63) is 70.9 Å². The molecular formula is C19H18N2O5. The maximum absolute atomic E-state index is 12.6. The van der Waals surface area contributed by atoms with Crippen molar-refractivity contribution in [2.45, 2.75) is 19.6 Å². The highest BCUT2D eigenvalue weighted by Gasteiger charge is 2.32. The number of urea groups is 1. The number of nitrogens with one attached hydrogen (secondary N) is 2. The summed E-state index contributed by atoms with van der Waals surface area (Å²) in [7, 11) is 0. The Labute approximate surface area is 149 Å². The third kappa shape index (κ3) is 3.61. The molecule has 0 spiro atoms. The van der Waals surface area contributed by atoms with Gasteiger partial charge in [-0.05, 0) is 30.2 Å². The van der Waals surface area contributed by atoms with Crippen LogP contribution in [0.2, 0.25) is 0 Å². The van der Waals surface area contributed by atoms with E-state index in [2.05, 4.69) is 10.6 Å². The fourth-order valence-corrected chi connectivity index (χ4v) is 2.74. The molecule has 2 aromatic rings. The van der Waals surface area contributed by atoms with Gasteiger partial charge in [-0.2, -0.15) is 0 Å². The van der Waals surface area contributed by atoms with Gasteiger partial charge in [-0.15, -0.1) is 0 Å². The molecule has 0 saturated heterocycles. The minimum atomic E-state index is -0.807. The molecular weight excluding hydrogens is 336 g/mol. The Morgan fingerprint density at radius 1 is 1.12 bits per heavy atom. The lowest BCUT2D eigenvalue weighted by Crippen LogP contribution is -2.45. The standard InChI is InChI=1S/C19H18N2O5/c1-11-16(18(24)26-10-12-5-3-2-4-6-12)17(21-19(25)20-11)13-7-8-14(22)15(23)9-13/h2-9,17,22-23H,10H2,1H3,(H2,20,21,25)/t17-/m0/s1. The van der Waals surface area contributed by atoms with E-state index in [-0.39, 0.29) is 23.7 Å². The first-order valence-electron chi connectivity index (χ1n) is 7.97. The highest BCUT2D eigenvalue weighted by molar-refractivity contribution is 5.95. The Hall–Kier alpha value is -3.48. The molecule has 0 unspecified atom stereocenters. The topological polar surface area (TPSA) is 108 Å². The van der Waals surface area contributed by atoms with Crippen molar-refractivity contribution in [1.29, 1.82) is 0 Å². The van der Waals surface area contributed by atoms with Crippen molar-refractivity contribution in [3.8, 4) is 11.5 Å². The van der Waals surface area contributed by atoms with Crippen LogP contribution in [0.4, 0.5) is 4.79 Å². The minimum Gasteiger partial charge on any atom is -0.504 e. The van der Waals surface area contributed by atoms with E-state index in [0.717, 1.165) is 5.56 Å². The normalized spacial score (nSPS) is 16.7. The third-order valence-corrected chi connectivity index (χ3v) is 4.03. The van der Waals surface area contributed by atoms with E-state index in [0.29, 0.717) is 11.3 Å². The van der Waals surface area contributed by atoms with Crippen LogP contribution >= 0.6 is 0 Å². The van der Waals surface area contributed by atoms with Gasteiger partial charge >= 0.3 is 12.0 Å². The second kappa shape index (κ2) is 7.18. The molecule has 0 saturated carbocycles. The second-order valence-electron chi connectivity index (χ2n) is 5.88. The number of phenols is 2. The second-order valence-corrected chi connectivity index (χ2v) is 5.88. The molecule has 0 aliphatic carbocycles. The van der Waals surface area contributed by atoms with Crippen LogP contribution in [-0.2, 0) is 16.1 Å². The van der Waals surface area contributed by atoms with Crippen LogP contribution in [0.5, 0.6) is 11.5 Å². The van der Waals surface area contributed by atoms with E-state index >= 15 is 0 Å². The summed E-state index contributed by atoms with van der Waals surface area (Å²) >= 11 is 0. The first kappa shape index (κ1) is 17.3. The number of ether oxygens (including phenoxy) is 1. The lowest BCUT2D eigenvalue weighted by molar-refractivity contribution is -0.140. The van der Waals surface area contributed by atoms with E-state index in [4.69, 9.17) is 4.74 Å². The third-order valence-electron chi connectivity index (χ3n) is 4.03. The number of phenolic OH excluding ortho intramolecular Hbond substituents is 2. The number of carbonyl (C=O) groups is 2. The van der Waals surface area contributed by atoms with Crippen molar-refractivity contribution >= 4 is 12.0 Å². The van der Waals surface area contributed by atoms with Gasteiger partial charge in [0.1, 0.15) is 6.61 Å². The molecule has 3 rings (SSSR count). The first-order valence-corrected chi connectivity index (χ1v) is 7.97. The molecule has 0 bridgehead atoms. The first-order chi connectivity index (χ1) is 12.5. The van der Waals surface area contributed by atoms with Crippen molar-refractivity contribution in [2.75, 3.05) is 0 Å². The number of carbonyl (C=O) groups excluding carboxylic acids is 2. The summed E-state index contributed by atoms with van der Waals surface area (Å²) < 4.78 is 5.38. The zero-order valence-electron chi connectivity index (χ0n) is 14.0. The lowest BCUT2D eigenvalue weighted by Gasteiger charge is -2.28. The number of esters is 1. The van der Waals surface area contributed by atoms with Crippen LogP contribution in [0.25, 0.3) is 0 Å². The maximum Gasteiger partial charge on any atom is 0.338 e. The van der Waals surface area contributed by atoms with Gasteiger partial charge in [0.05, 0.1) is 11.6 Å². The summed E-state index contributed by atoms with van der Waals surface area (Å²) in [5, 5.41) is 24.4. The van der Waals surface area contributed by atoms with Gasteiger partial charge in [-0.3, -0.25) is 0 Å². The zero-order chi connectivity index (χ0) is 18.7. The molecule has 7 nitrogen and oxygen atoms in total. The van der Waals surface area contributed by atoms with E-state index in [1.54, 1.807) is 6.92 Å². The summed E-state index contributed by atoms with van der Waals surface area (Å²) in [6, 6.07) is 12.1. The van der Waals surface area contributed by atoms with Gasteiger partial charge in [0.25, 0.3) is 0 Å². The Morgan fingerprint density at radius 2 is 1.85 bits per heavy atom. The molecule has 1 aliphatic heterocycles. The van der Waals surface area contributed by atoms with Crippen LogP contribution in [0.1, 0.15) is 24.1 Å². The quantitative estimate of drug-likeness (QED) is 0.498. The van der Waals surface area contributed by atoms with Crippen LogP contribution < -0.4 is 10.6 Å². The average molecular weight is 354 g/mol. The van der Waals surface area contributed by atoms with Crippen LogP contribution in [0, 0.1) is 0 Å². The molecule has 0 fully saturated rings. The molecule has 4 N–H and O–H groups in total. The van der Waals surface area contributed by atoms with Gasteiger partial charge in [-0.25, -0.2) is 9.59 Å². The smallest absolute Gasteiger partial charge is 0.338 e. The van der Waals surface area contributed by atoms with Crippen molar-refractivity contribution in [3.63, 3.8) is 0 Å². The summed E-state index contributed by atoms with van der Waals surface area (Å²) in [6.07, 6.45) is 0. The molecule has 26 heavy (non-hydrogen) atoms. The molecule has 1 atom stereocenters. The summed E-state index contributed by atoms with van der Waals surface area (Å²) in [6.45, 7) is 1.70. The number of allylic oxidation sites excluding steroid dienone is 1.